The summed E-state index contributed by atoms with van der Waals surface area (Å²) in [6.07, 6.45) is 4.66. The normalized spacial score (nSPS) is 27.5. The van der Waals surface area contributed by atoms with E-state index in [1.54, 1.807) is 30.3 Å². The molecule has 0 radical (unpaired) electrons. The molecule has 0 saturated heterocycles. The second kappa shape index (κ2) is 6.43. The molecule has 1 saturated carbocycles. The van der Waals surface area contributed by atoms with Gasteiger partial charge in [-0.2, -0.15) is 0 Å². The van der Waals surface area contributed by atoms with Gasteiger partial charge in [0.15, 0.2) is 0 Å². The van der Waals surface area contributed by atoms with Gasteiger partial charge in [-0.05, 0) is 11.1 Å². The molecule has 1 aromatic carbocycles. The molecule has 0 unspecified atom stereocenters. The Morgan fingerprint density at radius 3 is 1.91 bits per heavy atom. The predicted octanol–water partition coefficient (Wildman–Crippen LogP) is 3.10. The van der Waals surface area contributed by atoms with Crippen molar-refractivity contribution < 1.29 is 19.8 Å². The minimum absolute atomic E-state index is 0.547. The maximum absolute atomic E-state index is 11.7. The van der Waals surface area contributed by atoms with Crippen molar-refractivity contribution in [1.82, 2.24) is 0 Å². The summed E-state index contributed by atoms with van der Waals surface area (Å²) in [5.41, 5.74) is 1.34. The average molecular weight is 298 g/mol. The van der Waals surface area contributed by atoms with Crippen LogP contribution < -0.4 is 0 Å². The third kappa shape index (κ3) is 2.60. The number of benzene rings is 1. The molecule has 2 atom stereocenters. The molecule has 22 heavy (non-hydrogen) atoms. The van der Waals surface area contributed by atoms with Crippen molar-refractivity contribution in [1.29, 1.82) is 0 Å². The van der Waals surface area contributed by atoms with E-state index in [4.69, 9.17) is 0 Å². The maximum atomic E-state index is 11.7. The lowest BCUT2D eigenvalue weighted by Gasteiger charge is -2.48. The van der Waals surface area contributed by atoms with Crippen molar-refractivity contribution >= 4 is 11.9 Å². The molecule has 0 bridgehead atoms. The molecule has 2 rings (SSSR count). The summed E-state index contributed by atoms with van der Waals surface area (Å²) in [6, 6.07) is 8.94. The van der Waals surface area contributed by atoms with Crippen LogP contribution in [0.3, 0.4) is 0 Å². The van der Waals surface area contributed by atoms with Gasteiger partial charge in [-0.15, -0.1) is 0 Å². The Kier molecular flexibility index (Phi) is 4.61. The molecule has 0 spiro atoms. The first-order chi connectivity index (χ1) is 10.5. The van der Waals surface area contributed by atoms with E-state index < -0.39 is 35.6 Å². The van der Waals surface area contributed by atoms with Crippen LogP contribution in [0.2, 0.25) is 0 Å². The van der Waals surface area contributed by atoms with Crippen LogP contribution in [0.5, 0.6) is 0 Å². The highest BCUT2D eigenvalue weighted by atomic mass is 16.4. The Hall–Kier alpha value is -2.62. The summed E-state index contributed by atoms with van der Waals surface area (Å²) < 4.78 is 0. The number of carbonyl (C=O) groups is 2. The van der Waals surface area contributed by atoms with E-state index in [0.29, 0.717) is 5.57 Å². The topological polar surface area (TPSA) is 74.6 Å². The van der Waals surface area contributed by atoms with Crippen LogP contribution in [0.15, 0.2) is 67.3 Å². The first kappa shape index (κ1) is 15.8. The molecule has 114 valence electrons. The zero-order valence-electron chi connectivity index (χ0n) is 12.1. The lowest BCUT2D eigenvalue weighted by molar-refractivity contribution is -0.162. The van der Waals surface area contributed by atoms with Gasteiger partial charge >= 0.3 is 11.9 Å². The molecule has 0 heterocycles. The molecule has 4 heteroatoms. The van der Waals surface area contributed by atoms with Gasteiger partial charge in [-0.1, -0.05) is 61.7 Å². The highest BCUT2D eigenvalue weighted by Gasteiger charge is 2.58. The molecule has 1 aromatic rings. The molecular weight excluding hydrogens is 280 g/mol. The monoisotopic (exact) mass is 298 g/mol. The molecule has 1 aliphatic carbocycles. The van der Waals surface area contributed by atoms with Crippen molar-refractivity contribution in [3.05, 3.63) is 72.9 Å². The Labute approximate surface area is 129 Å². The van der Waals surface area contributed by atoms with Gasteiger partial charge < -0.3 is 10.2 Å². The number of hydrogen-bond donors (Lipinski definition) is 2. The van der Waals surface area contributed by atoms with Crippen LogP contribution in [0.25, 0.3) is 0 Å². The Morgan fingerprint density at radius 2 is 1.50 bits per heavy atom. The first-order valence-electron chi connectivity index (χ1n) is 6.98. The minimum Gasteiger partial charge on any atom is -0.481 e. The number of carboxylic acid groups (broad SMARTS) is 2. The van der Waals surface area contributed by atoms with Gasteiger partial charge in [0.25, 0.3) is 0 Å². The quantitative estimate of drug-likeness (QED) is 0.791. The molecule has 1 aliphatic rings. The van der Waals surface area contributed by atoms with Crippen molar-refractivity contribution in [2.75, 3.05) is 0 Å². The van der Waals surface area contributed by atoms with Crippen molar-refractivity contribution in [3.63, 3.8) is 0 Å². The summed E-state index contributed by atoms with van der Waals surface area (Å²) in [5.74, 6) is -4.70. The third-order valence-electron chi connectivity index (χ3n) is 4.23. The zero-order valence-corrected chi connectivity index (χ0v) is 12.1. The number of allylic oxidation sites excluding steroid dienone is 4. The summed E-state index contributed by atoms with van der Waals surface area (Å²) in [4.78, 5) is 23.4. The smallest absolute Gasteiger partial charge is 0.307 e. The number of carboxylic acids is 2. The van der Waals surface area contributed by atoms with Crippen molar-refractivity contribution in [2.24, 2.45) is 17.8 Å². The lowest BCUT2D eigenvalue weighted by Crippen LogP contribution is -2.53. The first-order valence-corrected chi connectivity index (χ1v) is 6.98. The summed E-state index contributed by atoms with van der Waals surface area (Å²) in [6.45, 7) is 7.25. The fourth-order valence-corrected chi connectivity index (χ4v) is 3.32. The van der Waals surface area contributed by atoms with Crippen LogP contribution in [-0.4, -0.2) is 22.2 Å². The summed E-state index contributed by atoms with van der Waals surface area (Å²) in [5, 5.41) is 19.1. The number of rotatable bonds is 6. The number of aliphatic carboxylic acids is 2. The molecule has 0 amide bonds. The maximum Gasteiger partial charge on any atom is 0.307 e. The van der Waals surface area contributed by atoms with Gasteiger partial charge in [0.2, 0.25) is 0 Å². The second-order valence-electron chi connectivity index (χ2n) is 5.30. The van der Waals surface area contributed by atoms with Crippen LogP contribution in [-0.2, 0) is 9.59 Å². The molecule has 0 aromatic heterocycles. The third-order valence-corrected chi connectivity index (χ3v) is 4.23. The van der Waals surface area contributed by atoms with E-state index in [-0.39, 0.29) is 0 Å². The van der Waals surface area contributed by atoms with Gasteiger partial charge in [0.05, 0.1) is 11.8 Å². The van der Waals surface area contributed by atoms with Gasteiger partial charge in [0.1, 0.15) is 0 Å². The van der Waals surface area contributed by atoms with Crippen LogP contribution in [0.1, 0.15) is 11.5 Å². The molecule has 4 nitrogen and oxygen atoms in total. The minimum atomic E-state index is -0.992. The Balaban J connectivity index is 2.49. The van der Waals surface area contributed by atoms with Gasteiger partial charge in [-0.25, -0.2) is 0 Å². The fourth-order valence-electron chi connectivity index (χ4n) is 3.32. The van der Waals surface area contributed by atoms with E-state index in [9.17, 15) is 19.8 Å². The van der Waals surface area contributed by atoms with Gasteiger partial charge in [0, 0.05) is 11.8 Å². The van der Waals surface area contributed by atoms with Crippen LogP contribution >= 0.6 is 0 Å². The largest absolute Gasteiger partial charge is 0.481 e. The van der Waals surface area contributed by atoms with E-state index in [1.807, 2.05) is 6.07 Å². The number of hydrogen-bond acceptors (Lipinski definition) is 2. The standard InChI is InChI=1S/C18H18O4/c1-3-8-11(4-2)13-15(17(19)20)14(16(13)18(21)22)12-9-6-5-7-10-12/h3-10,13-16H,1-2H2,(H,19,20)(H,21,22)/b11-8+/t13-,14-,15-,16-/m0/s1. The average Bonchev–Trinajstić information content (AvgIpc) is 2.45. The lowest BCUT2D eigenvalue weighted by atomic mass is 9.52. The summed E-state index contributed by atoms with van der Waals surface area (Å²) in [7, 11) is 0. The van der Waals surface area contributed by atoms with Crippen molar-refractivity contribution in [3.8, 4) is 0 Å². The highest BCUT2D eigenvalue weighted by molar-refractivity contribution is 5.83. The summed E-state index contributed by atoms with van der Waals surface area (Å²) >= 11 is 0. The van der Waals surface area contributed by atoms with Crippen molar-refractivity contribution in [2.45, 2.75) is 5.92 Å². The highest BCUT2D eigenvalue weighted by Crippen LogP contribution is 2.55. The van der Waals surface area contributed by atoms with Gasteiger partial charge in [-0.3, -0.25) is 9.59 Å². The van der Waals surface area contributed by atoms with Crippen LogP contribution in [0, 0.1) is 17.8 Å². The molecule has 0 aliphatic heterocycles. The van der Waals surface area contributed by atoms with E-state index >= 15 is 0 Å². The molecule has 2 N–H and O–H groups in total. The predicted molar refractivity (Wildman–Crippen MR) is 83.4 cm³/mol. The zero-order chi connectivity index (χ0) is 16.3. The Bertz CT molecular complexity index is 608. The second-order valence-corrected chi connectivity index (χ2v) is 5.30. The van der Waals surface area contributed by atoms with E-state index in [0.717, 1.165) is 5.56 Å². The van der Waals surface area contributed by atoms with Crippen LogP contribution in [0.4, 0.5) is 0 Å². The molecular formula is C18H18O4. The Morgan fingerprint density at radius 1 is 0.955 bits per heavy atom. The van der Waals surface area contributed by atoms with E-state index in [1.165, 1.54) is 12.2 Å². The van der Waals surface area contributed by atoms with E-state index in [2.05, 4.69) is 13.2 Å². The fraction of sp³-hybridized carbons (Fsp3) is 0.222. The SMILES string of the molecule is C=C/C=C(\C=C)[C@H]1[C@H](C(=O)O)[C@H](c2ccccc2)[C@H]1C(=O)O. The molecule has 1 fully saturated rings.